The molecule has 40 valence electrons. The molecule has 0 radical (unpaired) electrons. The summed E-state index contributed by atoms with van der Waals surface area (Å²) in [6.07, 6.45) is 0.662. The summed E-state index contributed by atoms with van der Waals surface area (Å²) in [6, 6.07) is -0.0579. The fourth-order valence-electron chi connectivity index (χ4n) is 0.499. The molecule has 0 aromatic heterocycles. The Morgan fingerprint density at radius 1 is 1.86 bits per heavy atom. The molecule has 7 heavy (non-hydrogen) atoms. The van der Waals surface area contributed by atoms with Gasteiger partial charge in [-0.05, 0) is 6.42 Å². The van der Waals surface area contributed by atoms with Crippen molar-refractivity contribution in [2.75, 3.05) is 0 Å². The first kappa shape index (κ1) is 4.59. The van der Waals surface area contributed by atoms with Crippen molar-refractivity contribution in [2.24, 2.45) is 11.7 Å². The van der Waals surface area contributed by atoms with E-state index in [2.05, 4.69) is 0 Å². The van der Waals surface area contributed by atoms with E-state index < -0.39 is 5.97 Å². The summed E-state index contributed by atoms with van der Waals surface area (Å²) < 4.78 is 0. The molecule has 1 aliphatic carbocycles. The Bertz CT molecular complexity index is 102. The van der Waals surface area contributed by atoms with Crippen LogP contribution in [0.4, 0.5) is 0 Å². The molecule has 0 saturated heterocycles. The smallest absolute Gasteiger partial charge is 0.308 e. The van der Waals surface area contributed by atoms with Crippen LogP contribution in [0.1, 0.15) is 6.42 Å². The van der Waals surface area contributed by atoms with Gasteiger partial charge in [0, 0.05) is 6.04 Å². The third kappa shape index (κ3) is 0.718. The van der Waals surface area contributed by atoms with Gasteiger partial charge in [-0.3, -0.25) is 4.79 Å². The minimum atomic E-state index is -0.757. The molecule has 0 spiro atoms. The topological polar surface area (TPSA) is 63.3 Å². The van der Waals surface area contributed by atoms with Gasteiger partial charge in [0.05, 0.1) is 5.92 Å². The predicted molar refractivity (Wildman–Crippen MR) is 23.7 cm³/mol. The van der Waals surface area contributed by atoms with E-state index in [0.29, 0.717) is 6.42 Å². The minimum Gasteiger partial charge on any atom is -0.481 e. The number of rotatable bonds is 1. The highest BCUT2D eigenvalue weighted by atomic mass is 16.4. The van der Waals surface area contributed by atoms with Crippen LogP contribution < -0.4 is 5.73 Å². The monoisotopic (exact) mass is 101 g/mol. The number of hydrogen-bond acceptors (Lipinski definition) is 2. The van der Waals surface area contributed by atoms with Crippen molar-refractivity contribution in [3.63, 3.8) is 0 Å². The first-order chi connectivity index (χ1) is 3.22. The Labute approximate surface area is 41.1 Å². The second-order valence-electron chi connectivity index (χ2n) is 1.84. The average molecular weight is 101 g/mol. The van der Waals surface area contributed by atoms with E-state index in [-0.39, 0.29) is 12.0 Å². The summed E-state index contributed by atoms with van der Waals surface area (Å²) in [7, 11) is 0. The molecule has 0 aromatic carbocycles. The lowest BCUT2D eigenvalue weighted by molar-refractivity contribution is -0.138. The molecule has 2 unspecified atom stereocenters. The fraction of sp³-hybridized carbons (Fsp3) is 0.750. The van der Waals surface area contributed by atoms with Crippen LogP contribution in [-0.2, 0) is 4.79 Å². The van der Waals surface area contributed by atoms with Crippen LogP contribution in [0.25, 0.3) is 0 Å². The number of nitrogens with two attached hydrogens (primary N) is 1. The van der Waals surface area contributed by atoms with Gasteiger partial charge in [-0.15, -0.1) is 0 Å². The van der Waals surface area contributed by atoms with E-state index in [4.69, 9.17) is 10.8 Å². The third-order valence-corrected chi connectivity index (χ3v) is 1.16. The van der Waals surface area contributed by atoms with Crippen LogP contribution in [0.2, 0.25) is 0 Å². The quantitative estimate of drug-likeness (QED) is 0.464. The molecule has 1 rings (SSSR count). The maximum Gasteiger partial charge on any atom is 0.308 e. The molecule has 1 saturated carbocycles. The normalized spacial score (nSPS) is 37.9. The second kappa shape index (κ2) is 1.20. The van der Waals surface area contributed by atoms with E-state index in [9.17, 15) is 4.79 Å². The molecule has 3 N–H and O–H groups in total. The third-order valence-electron chi connectivity index (χ3n) is 1.16. The highest BCUT2D eigenvalue weighted by Gasteiger charge is 2.39. The molecule has 0 aromatic rings. The number of carboxylic acids is 1. The summed E-state index contributed by atoms with van der Waals surface area (Å²) in [6.45, 7) is 0. The summed E-state index contributed by atoms with van der Waals surface area (Å²) >= 11 is 0. The lowest BCUT2D eigenvalue weighted by Gasteiger charge is -1.80. The Balaban J connectivity index is 2.33. The standard InChI is InChI=1S/C4H7NO2/c5-3-1-2(3)4(6)7/h2-3H,1,5H2,(H,6,7). The molecule has 2 atom stereocenters. The molecule has 0 bridgehead atoms. The SMILES string of the molecule is NC1CC1C(=O)O. The zero-order valence-electron chi connectivity index (χ0n) is 3.79. The van der Waals surface area contributed by atoms with Gasteiger partial charge in [-0.25, -0.2) is 0 Å². The molecular formula is C4H7NO2. The molecule has 0 heterocycles. The fourth-order valence-corrected chi connectivity index (χ4v) is 0.499. The van der Waals surface area contributed by atoms with Gasteiger partial charge in [0.25, 0.3) is 0 Å². The van der Waals surface area contributed by atoms with Gasteiger partial charge in [0.1, 0.15) is 0 Å². The van der Waals surface area contributed by atoms with Gasteiger partial charge >= 0.3 is 5.97 Å². The van der Waals surface area contributed by atoms with Crippen LogP contribution in [0.3, 0.4) is 0 Å². The Kier molecular flexibility index (Phi) is 0.785. The highest BCUT2D eigenvalue weighted by molar-refractivity contribution is 5.74. The van der Waals surface area contributed by atoms with Crippen LogP contribution >= 0.6 is 0 Å². The van der Waals surface area contributed by atoms with Crippen LogP contribution in [0.5, 0.6) is 0 Å². The molecule has 0 aliphatic heterocycles. The molecule has 0 amide bonds. The number of hydrogen-bond donors (Lipinski definition) is 2. The van der Waals surface area contributed by atoms with E-state index in [1.807, 2.05) is 0 Å². The van der Waals surface area contributed by atoms with Gasteiger partial charge in [-0.2, -0.15) is 0 Å². The van der Waals surface area contributed by atoms with E-state index in [1.54, 1.807) is 0 Å². The molecule has 1 aliphatic rings. The van der Waals surface area contributed by atoms with Gasteiger partial charge in [0.2, 0.25) is 0 Å². The summed E-state index contributed by atoms with van der Waals surface area (Å²) in [4.78, 5) is 9.89. The molecule has 3 heteroatoms. The van der Waals surface area contributed by atoms with E-state index >= 15 is 0 Å². The lowest BCUT2D eigenvalue weighted by atomic mass is 10.4. The van der Waals surface area contributed by atoms with Crippen LogP contribution in [0.15, 0.2) is 0 Å². The first-order valence-electron chi connectivity index (χ1n) is 2.20. The molecule has 3 nitrogen and oxygen atoms in total. The van der Waals surface area contributed by atoms with Crippen LogP contribution in [-0.4, -0.2) is 17.1 Å². The van der Waals surface area contributed by atoms with Crippen molar-refractivity contribution < 1.29 is 9.90 Å². The van der Waals surface area contributed by atoms with Gasteiger partial charge in [0.15, 0.2) is 0 Å². The van der Waals surface area contributed by atoms with Crippen LogP contribution in [0, 0.1) is 5.92 Å². The Hall–Kier alpha value is -0.570. The first-order valence-corrected chi connectivity index (χ1v) is 2.20. The molecule has 1 fully saturated rings. The lowest BCUT2D eigenvalue weighted by Crippen LogP contribution is -2.08. The largest absolute Gasteiger partial charge is 0.481 e. The molecular weight excluding hydrogens is 94.0 g/mol. The van der Waals surface area contributed by atoms with Crippen molar-refractivity contribution in [3.05, 3.63) is 0 Å². The van der Waals surface area contributed by atoms with E-state index in [0.717, 1.165) is 0 Å². The summed E-state index contributed by atoms with van der Waals surface area (Å²) in [5, 5.41) is 8.14. The maximum atomic E-state index is 9.89. The minimum absolute atomic E-state index is 0.0579. The summed E-state index contributed by atoms with van der Waals surface area (Å²) in [5.41, 5.74) is 5.19. The maximum absolute atomic E-state index is 9.89. The summed E-state index contributed by atoms with van der Waals surface area (Å²) in [5.74, 6) is -0.993. The number of aliphatic carboxylic acids is 1. The van der Waals surface area contributed by atoms with Crippen molar-refractivity contribution in [1.82, 2.24) is 0 Å². The van der Waals surface area contributed by atoms with Gasteiger partial charge in [-0.1, -0.05) is 0 Å². The van der Waals surface area contributed by atoms with Gasteiger partial charge < -0.3 is 10.8 Å². The van der Waals surface area contributed by atoms with E-state index in [1.165, 1.54) is 0 Å². The average Bonchev–Trinajstić information content (AvgIpc) is 2.17. The van der Waals surface area contributed by atoms with Crippen molar-refractivity contribution in [2.45, 2.75) is 12.5 Å². The van der Waals surface area contributed by atoms with Crippen molar-refractivity contribution in [3.8, 4) is 0 Å². The second-order valence-corrected chi connectivity index (χ2v) is 1.84. The highest BCUT2D eigenvalue weighted by Crippen LogP contribution is 2.27. The van der Waals surface area contributed by atoms with Crippen molar-refractivity contribution >= 4 is 5.97 Å². The van der Waals surface area contributed by atoms with Crippen molar-refractivity contribution in [1.29, 1.82) is 0 Å². The number of carbonyl (C=O) groups is 1. The predicted octanol–water partition coefficient (Wildman–Crippen LogP) is -0.582. The zero-order valence-corrected chi connectivity index (χ0v) is 3.79. The Morgan fingerprint density at radius 2 is 2.29 bits per heavy atom. The number of carboxylic acid groups (broad SMARTS) is 1. The Morgan fingerprint density at radius 3 is 2.29 bits per heavy atom. The zero-order chi connectivity index (χ0) is 5.44.